The van der Waals surface area contributed by atoms with E-state index >= 15 is 0 Å². The van der Waals surface area contributed by atoms with Crippen molar-refractivity contribution < 1.29 is 18.0 Å². The summed E-state index contributed by atoms with van der Waals surface area (Å²) in [6, 6.07) is 19.5. The van der Waals surface area contributed by atoms with Gasteiger partial charge in [0, 0.05) is 18.1 Å². The second-order valence-corrected chi connectivity index (χ2v) is 11.0. The van der Waals surface area contributed by atoms with Gasteiger partial charge in [0.1, 0.15) is 12.6 Å². The van der Waals surface area contributed by atoms with E-state index in [1.165, 1.54) is 23.1 Å². The van der Waals surface area contributed by atoms with Crippen LogP contribution in [0.3, 0.4) is 0 Å². The van der Waals surface area contributed by atoms with Crippen molar-refractivity contribution in [1.29, 1.82) is 0 Å². The lowest BCUT2D eigenvalue weighted by Crippen LogP contribution is -2.51. The number of nitrogens with one attached hydrogen (secondary N) is 1. The first-order valence-corrected chi connectivity index (χ1v) is 13.8. The van der Waals surface area contributed by atoms with E-state index in [1.807, 2.05) is 38.1 Å². The number of aryl methyl sites for hydroxylation is 2. The Hall–Kier alpha value is -3.36. The number of anilines is 1. The monoisotopic (exact) mass is 541 g/mol. The van der Waals surface area contributed by atoms with Crippen LogP contribution in [0.25, 0.3) is 0 Å². The Bertz CT molecular complexity index is 1360. The van der Waals surface area contributed by atoms with Gasteiger partial charge in [0.15, 0.2) is 0 Å². The molecule has 0 saturated heterocycles. The summed E-state index contributed by atoms with van der Waals surface area (Å²) in [6.45, 7) is 7.23. The molecule has 196 valence electrons. The van der Waals surface area contributed by atoms with Crippen molar-refractivity contribution in [2.75, 3.05) is 17.4 Å². The Kier molecular flexibility index (Phi) is 9.34. The smallest absolute Gasteiger partial charge is 0.264 e. The third kappa shape index (κ3) is 6.70. The Morgan fingerprint density at radius 2 is 1.59 bits per heavy atom. The van der Waals surface area contributed by atoms with Crippen LogP contribution in [0.1, 0.15) is 30.5 Å². The Balaban J connectivity index is 2.05. The first-order valence-electron chi connectivity index (χ1n) is 12.0. The maximum absolute atomic E-state index is 13.8. The zero-order chi connectivity index (χ0) is 27.2. The molecule has 0 aliphatic rings. The van der Waals surface area contributed by atoms with Crippen molar-refractivity contribution in [2.45, 2.75) is 45.2 Å². The molecule has 3 rings (SSSR count). The van der Waals surface area contributed by atoms with Gasteiger partial charge in [-0.15, -0.1) is 0 Å². The molecule has 0 aliphatic carbocycles. The average Bonchev–Trinajstić information content (AvgIpc) is 2.88. The number of benzene rings is 3. The number of likely N-dealkylation sites (N-methyl/N-ethyl adjacent to an activating group) is 1. The molecule has 0 radical (unpaired) electrons. The number of halogens is 1. The molecular weight excluding hydrogens is 510 g/mol. The summed E-state index contributed by atoms with van der Waals surface area (Å²) in [5.41, 5.74) is 2.86. The van der Waals surface area contributed by atoms with Gasteiger partial charge in [-0.25, -0.2) is 8.42 Å². The van der Waals surface area contributed by atoms with E-state index in [2.05, 4.69) is 5.32 Å². The first-order chi connectivity index (χ1) is 17.6. The first kappa shape index (κ1) is 28.2. The predicted molar refractivity (Wildman–Crippen MR) is 147 cm³/mol. The zero-order valence-electron chi connectivity index (χ0n) is 21.4. The summed E-state index contributed by atoms with van der Waals surface area (Å²) >= 11 is 6.33. The fraction of sp³-hybridized carbons (Fsp3) is 0.286. The van der Waals surface area contributed by atoms with Gasteiger partial charge in [-0.05, 0) is 68.7 Å². The SMILES string of the molecule is CCNC(=O)[C@H](C)N(Cc1ccccc1C)C(=O)CN(c1ccc(C)c(Cl)c1)S(=O)(=O)c1ccccc1. The highest BCUT2D eigenvalue weighted by Crippen LogP contribution is 2.28. The molecule has 9 heteroatoms. The van der Waals surface area contributed by atoms with Crippen LogP contribution in [-0.4, -0.2) is 44.3 Å². The van der Waals surface area contributed by atoms with Crippen LogP contribution in [0.2, 0.25) is 5.02 Å². The largest absolute Gasteiger partial charge is 0.355 e. The number of carbonyl (C=O) groups is 2. The third-order valence-corrected chi connectivity index (χ3v) is 8.37. The summed E-state index contributed by atoms with van der Waals surface area (Å²) < 4.78 is 28.5. The Morgan fingerprint density at radius 3 is 2.22 bits per heavy atom. The number of rotatable bonds is 10. The van der Waals surface area contributed by atoms with Gasteiger partial charge >= 0.3 is 0 Å². The van der Waals surface area contributed by atoms with E-state index < -0.39 is 28.5 Å². The highest BCUT2D eigenvalue weighted by atomic mass is 35.5. The number of nitrogens with zero attached hydrogens (tertiary/aromatic N) is 2. The second-order valence-electron chi connectivity index (χ2n) is 8.78. The molecule has 0 aliphatic heterocycles. The van der Waals surface area contributed by atoms with E-state index in [4.69, 9.17) is 11.6 Å². The Labute approximate surface area is 224 Å². The van der Waals surface area contributed by atoms with Crippen LogP contribution in [0.5, 0.6) is 0 Å². The molecule has 2 amide bonds. The van der Waals surface area contributed by atoms with Crippen molar-refractivity contribution in [1.82, 2.24) is 10.2 Å². The van der Waals surface area contributed by atoms with Crippen LogP contribution >= 0.6 is 11.6 Å². The normalized spacial score (nSPS) is 12.0. The lowest BCUT2D eigenvalue weighted by Gasteiger charge is -2.32. The molecule has 1 atom stereocenters. The van der Waals surface area contributed by atoms with Crippen molar-refractivity contribution >= 4 is 39.1 Å². The topological polar surface area (TPSA) is 86.8 Å². The third-order valence-electron chi connectivity index (χ3n) is 6.17. The predicted octanol–water partition coefficient (Wildman–Crippen LogP) is 4.71. The zero-order valence-corrected chi connectivity index (χ0v) is 23.0. The van der Waals surface area contributed by atoms with Gasteiger partial charge < -0.3 is 10.2 Å². The van der Waals surface area contributed by atoms with Crippen LogP contribution in [0, 0.1) is 13.8 Å². The summed E-state index contributed by atoms with van der Waals surface area (Å²) in [4.78, 5) is 28.1. The fourth-order valence-corrected chi connectivity index (χ4v) is 5.46. The van der Waals surface area contributed by atoms with E-state index in [0.717, 1.165) is 21.0 Å². The molecule has 7 nitrogen and oxygen atoms in total. The number of sulfonamides is 1. The van der Waals surface area contributed by atoms with Crippen molar-refractivity contribution in [3.05, 3.63) is 94.5 Å². The molecule has 3 aromatic carbocycles. The molecule has 0 fully saturated rings. The maximum atomic E-state index is 13.8. The summed E-state index contributed by atoms with van der Waals surface area (Å²) in [6.07, 6.45) is 0. The molecular formula is C28H32ClN3O4S. The second kappa shape index (κ2) is 12.3. The van der Waals surface area contributed by atoms with Gasteiger partial charge in [-0.1, -0.05) is 60.1 Å². The van der Waals surface area contributed by atoms with E-state index in [0.29, 0.717) is 11.6 Å². The molecule has 0 spiro atoms. The van der Waals surface area contributed by atoms with Crippen molar-refractivity contribution in [3.63, 3.8) is 0 Å². The molecule has 0 unspecified atom stereocenters. The van der Waals surface area contributed by atoms with Gasteiger partial charge in [-0.3, -0.25) is 13.9 Å². The molecule has 1 N–H and O–H groups in total. The van der Waals surface area contributed by atoms with Crippen LogP contribution in [-0.2, 0) is 26.2 Å². The molecule has 0 saturated carbocycles. The van der Waals surface area contributed by atoms with Crippen molar-refractivity contribution in [3.8, 4) is 0 Å². The molecule has 0 aromatic heterocycles. The summed E-state index contributed by atoms with van der Waals surface area (Å²) in [7, 11) is -4.12. The standard InChI is InChI=1S/C28H32ClN3O4S/c1-5-30-28(34)22(4)31(18-23-12-10-9-11-20(23)2)27(33)19-32(24-16-15-21(3)26(29)17-24)37(35,36)25-13-7-6-8-14-25/h6-17,22H,5,18-19H2,1-4H3,(H,30,34)/t22-/m0/s1. The van der Waals surface area contributed by atoms with E-state index in [-0.39, 0.29) is 23.0 Å². The minimum Gasteiger partial charge on any atom is -0.355 e. The lowest BCUT2D eigenvalue weighted by molar-refractivity contribution is -0.139. The van der Waals surface area contributed by atoms with E-state index in [1.54, 1.807) is 44.2 Å². The number of carbonyl (C=O) groups excluding carboxylic acids is 2. The highest BCUT2D eigenvalue weighted by Gasteiger charge is 2.32. The highest BCUT2D eigenvalue weighted by molar-refractivity contribution is 7.92. The van der Waals surface area contributed by atoms with Crippen molar-refractivity contribution in [2.24, 2.45) is 0 Å². The number of hydrogen-bond donors (Lipinski definition) is 1. The lowest BCUT2D eigenvalue weighted by atomic mass is 10.1. The van der Waals surface area contributed by atoms with Gasteiger partial charge in [0.05, 0.1) is 10.6 Å². The minimum atomic E-state index is -4.12. The van der Waals surface area contributed by atoms with Crippen LogP contribution in [0.15, 0.2) is 77.7 Å². The number of amides is 2. The van der Waals surface area contributed by atoms with Crippen LogP contribution < -0.4 is 9.62 Å². The fourth-order valence-electron chi connectivity index (χ4n) is 3.86. The number of hydrogen-bond acceptors (Lipinski definition) is 4. The van der Waals surface area contributed by atoms with Gasteiger partial charge in [0.2, 0.25) is 11.8 Å². The summed E-state index contributed by atoms with van der Waals surface area (Å²) in [5.74, 6) is -0.835. The van der Waals surface area contributed by atoms with Gasteiger partial charge in [0.25, 0.3) is 10.0 Å². The quantitative estimate of drug-likeness (QED) is 0.403. The molecule has 3 aromatic rings. The molecule has 0 heterocycles. The molecule has 0 bridgehead atoms. The van der Waals surface area contributed by atoms with E-state index in [9.17, 15) is 18.0 Å². The summed E-state index contributed by atoms with van der Waals surface area (Å²) in [5, 5.41) is 3.13. The van der Waals surface area contributed by atoms with Gasteiger partial charge in [-0.2, -0.15) is 0 Å². The maximum Gasteiger partial charge on any atom is 0.264 e. The Morgan fingerprint density at radius 1 is 0.946 bits per heavy atom. The van der Waals surface area contributed by atoms with Crippen LogP contribution in [0.4, 0.5) is 5.69 Å². The average molecular weight is 542 g/mol. The molecule has 37 heavy (non-hydrogen) atoms. The minimum absolute atomic E-state index is 0.0433.